The number of anilines is 1. The molecular weight excluding hydrogens is 316 g/mol. The van der Waals surface area contributed by atoms with E-state index in [9.17, 15) is 13.2 Å². The largest absolute Gasteiger partial charge is 0.497 e. The van der Waals surface area contributed by atoms with Crippen LogP contribution < -0.4 is 9.46 Å². The number of ether oxygens (including phenoxy) is 1. The molecule has 1 unspecified atom stereocenters. The number of piperidine rings is 1. The summed E-state index contributed by atoms with van der Waals surface area (Å²) < 4.78 is 32.1. The lowest BCUT2D eigenvalue weighted by molar-refractivity contribution is -0.135. The maximum atomic E-state index is 12.3. The number of sulfonamides is 1. The lowest BCUT2D eigenvalue weighted by atomic mass is 10.1. The molecule has 1 heterocycles. The first-order chi connectivity index (χ1) is 10.9. The summed E-state index contributed by atoms with van der Waals surface area (Å²) in [7, 11) is -2.07. The Morgan fingerprint density at radius 3 is 2.65 bits per heavy atom. The molecule has 1 atom stereocenters. The van der Waals surface area contributed by atoms with E-state index in [1.165, 1.54) is 7.11 Å². The van der Waals surface area contributed by atoms with Crippen molar-refractivity contribution in [3.05, 3.63) is 24.3 Å². The highest BCUT2D eigenvalue weighted by Gasteiger charge is 2.26. The van der Waals surface area contributed by atoms with E-state index in [-0.39, 0.29) is 11.7 Å². The minimum atomic E-state index is -3.60. The molecule has 1 aliphatic heterocycles. The smallest absolute Gasteiger partial charge is 0.233 e. The monoisotopic (exact) mass is 340 g/mol. The molecule has 0 spiro atoms. The van der Waals surface area contributed by atoms with Gasteiger partial charge in [-0.1, -0.05) is 13.0 Å². The number of benzene rings is 1. The van der Waals surface area contributed by atoms with Crippen molar-refractivity contribution in [1.29, 1.82) is 0 Å². The third kappa shape index (κ3) is 5.13. The van der Waals surface area contributed by atoms with E-state index in [1.54, 1.807) is 36.1 Å². The lowest BCUT2D eigenvalue weighted by Crippen LogP contribution is -2.41. The number of nitrogens with one attached hydrogen (secondary N) is 1. The van der Waals surface area contributed by atoms with Crippen LogP contribution in [0, 0.1) is 5.92 Å². The summed E-state index contributed by atoms with van der Waals surface area (Å²) in [5.41, 5.74) is 0.432. The molecule has 1 fully saturated rings. The van der Waals surface area contributed by atoms with Gasteiger partial charge in [-0.3, -0.25) is 9.52 Å². The maximum absolute atomic E-state index is 12.3. The van der Waals surface area contributed by atoms with Gasteiger partial charge in [-0.2, -0.15) is 0 Å². The molecule has 1 amide bonds. The van der Waals surface area contributed by atoms with Gasteiger partial charge in [0.15, 0.2) is 0 Å². The van der Waals surface area contributed by atoms with E-state index < -0.39 is 15.9 Å². The third-order valence-electron chi connectivity index (χ3n) is 3.90. The van der Waals surface area contributed by atoms with E-state index in [1.807, 2.05) is 0 Å². The van der Waals surface area contributed by atoms with Crippen molar-refractivity contribution in [1.82, 2.24) is 4.90 Å². The summed E-state index contributed by atoms with van der Waals surface area (Å²) in [5, 5.41) is 0. The number of carbonyl (C=O) groups is 1. The molecule has 0 saturated carbocycles. The van der Waals surface area contributed by atoms with E-state index >= 15 is 0 Å². The van der Waals surface area contributed by atoms with Crippen LogP contribution in [-0.4, -0.2) is 45.2 Å². The fraction of sp³-hybridized carbons (Fsp3) is 0.562. The van der Waals surface area contributed by atoms with Gasteiger partial charge in [-0.15, -0.1) is 0 Å². The van der Waals surface area contributed by atoms with Crippen molar-refractivity contribution in [3.63, 3.8) is 0 Å². The van der Waals surface area contributed by atoms with Crippen molar-refractivity contribution in [2.45, 2.75) is 26.2 Å². The second-order valence-electron chi connectivity index (χ2n) is 5.90. The normalized spacial score (nSPS) is 16.7. The molecule has 0 aliphatic carbocycles. The quantitative estimate of drug-likeness (QED) is 0.860. The Labute approximate surface area is 137 Å². The zero-order valence-electron chi connectivity index (χ0n) is 13.6. The highest BCUT2D eigenvalue weighted by Crippen LogP contribution is 2.19. The number of likely N-dealkylation sites (tertiary alicyclic amines) is 1. The molecule has 2 rings (SSSR count). The average molecular weight is 340 g/mol. The van der Waals surface area contributed by atoms with Crippen molar-refractivity contribution in [2.75, 3.05) is 30.7 Å². The summed E-state index contributed by atoms with van der Waals surface area (Å²) in [4.78, 5) is 14.1. The summed E-state index contributed by atoms with van der Waals surface area (Å²) in [6.07, 6.45) is 3.12. The lowest BCUT2D eigenvalue weighted by Gasteiger charge is -2.29. The highest BCUT2D eigenvalue weighted by molar-refractivity contribution is 7.92. The summed E-state index contributed by atoms with van der Waals surface area (Å²) in [6.45, 7) is 3.13. The molecule has 7 heteroatoms. The Bertz CT molecular complexity index is 639. The fourth-order valence-electron chi connectivity index (χ4n) is 2.73. The molecule has 1 saturated heterocycles. The van der Waals surface area contributed by atoms with E-state index in [4.69, 9.17) is 4.74 Å². The van der Waals surface area contributed by atoms with Gasteiger partial charge in [0.05, 0.1) is 24.5 Å². The predicted octanol–water partition coefficient (Wildman–Crippen LogP) is 2.09. The van der Waals surface area contributed by atoms with Crippen molar-refractivity contribution >= 4 is 21.6 Å². The Morgan fingerprint density at radius 2 is 2.00 bits per heavy atom. The van der Waals surface area contributed by atoms with Crippen LogP contribution in [0.5, 0.6) is 5.75 Å². The van der Waals surface area contributed by atoms with Gasteiger partial charge in [-0.05, 0) is 31.4 Å². The molecule has 0 bridgehead atoms. The predicted molar refractivity (Wildman–Crippen MR) is 90.0 cm³/mol. The van der Waals surface area contributed by atoms with Gasteiger partial charge in [-0.25, -0.2) is 8.42 Å². The molecular formula is C16H24N2O4S. The summed E-state index contributed by atoms with van der Waals surface area (Å²) in [6, 6.07) is 6.70. The number of rotatable bonds is 6. The number of methoxy groups -OCH3 is 1. The van der Waals surface area contributed by atoms with Gasteiger partial charge < -0.3 is 9.64 Å². The molecule has 1 aliphatic rings. The van der Waals surface area contributed by atoms with E-state index in [0.29, 0.717) is 11.4 Å². The SMILES string of the molecule is COc1cccc(NS(=O)(=O)CC(C)C(=O)N2CCCCC2)c1. The first kappa shape index (κ1) is 17.6. The number of hydrogen-bond donors (Lipinski definition) is 1. The van der Waals surface area contributed by atoms with Crippen molar-refractivity contribution in [2.24, 2.45) is 5.92 Å². The number of carbonyl (C=O) groups excluding carboxylic acids is 1. The molecule has 23 heavy (non-hydrogen) atoms. The minimum absolute atomic E-state index is 0.0827. The van der Waals surface area contributed by atoms with Crippen molar-refractivity contribution in [3.8, 4) is 5.75 Å². The van der Waals surface area contributed by atoms with Crippen molar-refractivity contribution < 1.29 is 17.9 Å². The average Bonchev–Trinajstić information content (AvgIpc) is 2.54. The van der Waals surface area contributed by atoms with Gasteiger partial charge in [0, 0.05) is 19.2 Å². The molecule has 0 radical (unpaired) electrons. The summed E-state index contributed by atoms with van der Waals surface area (Å²) in [5.74, 6) is -0.293. The van der Waals surface area contributed by atoms with Crippen LogP contribution in [0.2, 0.25) is 0 Å². The van der Waals surface area contributed by atoms with Crippen LogP contribution in [0.25, 0.3) is 0 Å². The number of hydrogen-bond acceptors (Lipinski definition) is 4. The first-order valence-electron chi connectivity index (χ1n) is 7.84. The van der Waals surface area contributed by atoms with Gasteiger partial charge >= 0.3 is 0 Å². The van der Waals surface area contributed by atoms with Crippen LogP contribution in [0.4, 0.5) is 5.69 Å². The van der Waals surface area contributed by atoms with Crippen LogP contribution in [0.3, 0.4) is 0 Å². The zero-order valence-corrected chi connectivity index (χ0v) is 14.4. The molecule has 6 nitrogen and oxygen atoms in total. The standard InChI is InChI=1S/C16H24N2O4S/c1-13(16(19)18-9-4-3-5-10-18)12-23(20,21)17-14-7-6-8-15(11-14)22-2/h6-8,11,13,17H,3-5,9-10,12H2,1-2H3. The second kappa shape index (κ2) is 7.68. The number of amides is 1. The molecule has 1 aromatic rings. The van der Waals surface area contributed by atoms with Gasteiger partial charge in [0.2, 0.25) is 15.9 Å². The fourth-order valence-corrected chi connectivity index (χ4v) is 4.10. The van der Waals surface area contributed by atoms with Crippen LogP contribution in [0.1, 0.15) is 26.2 Å². The van der Waals surface area contributed by atoms with Crippen LogP contribution in [-0.2, 0) is 14.8 Å². The van der Waals surface area contributed by atoms with E-state index in [0.717, 1.165) is 32.4 Å². The second-order valence-corrected chi connectivity index (χ2v) is 7.67. The molecule has 0 aromatic heterocycles. The summed E-state index contributed by atoms with van der Waals surface area (Å²) >= 11 is 0. The Kier molecular flexibility index (Phi) is 5.87. The third-order valence-corrected chi connectivity index (χ3v) is 5.39. The Morgan fingerprint density at radius 1 is 1.30 bits per heavy atom. The maximum Gasteiger partial charge on any atom is 0.233 e. The molecule has 1 aromatic carbocycles. The number of nitrogens with zero attached hydrogens (tertiary/aromatic N) is 1. The molecule has 1 N–H and O–H groups in total. The zero-order chi connectivity index (χ0) is 16.9. The molecule has 128 valence electrons. The minimum Gasteiger partial charge on any atom is -0.497 e. The Hall–Kier alpha value is -1.76. The van der Waals surface area contributed by atoms with Crippen LogP contribution >= 0.6 is 0 Å². The van der Waals surface area contributed by atoms with Gasteiger partial charge in [0.25, 0.3) is 0 Å². The van der Waals surface area contributed by atoms with Gasteiger partial charge in [0.1, 0.15) is 5.75 Å². The first-order valence-corrected chi connectivity index (χ1v) is 9.50. The van der Waals surface area contributed by atoms with E-state index in [2.05, 4.69) is 4.72 Å². The topological polar surface area (TPSA) is 75.7 Å². The Balaban J connectivity index is 1.97. The highest BCUT2D eigenvalue weighted by atomic mass is 32.2. The van der Waals surface area contributed by atoms with Crippen LogP contribution in [0.15, 0.2) is 24.3 Å².